The van der Waals surface area contributed by atoms with Gasteiger partial charge < -0.3 is 15.4 Å². The van der Waals surface area contributed by atoms with Crippen molar-refractivity contribution in [3.05, 3.63) is 18.2 Å². The van der Waals surface area contributed by atoms with Crippen LogP contribution in [0.3, 0.4) is 0 Å². The number of rotatable bonds is 8. The van der Waals surface area contributed by atoms with Crippen LogP contribution in [0.25, 0.3) is 0 Å². The van der Waals surface area contributed by atoms with Crippen LogP contribution in [-0.2, 0) is 0 Å². The Balaban J connectivity index is 2.62. The second-order valence-corrected chi connectivity index (χ2v) is 5.34. The molecule has 2 N–H and O–H groups in total. The van der Waals surface area contributed by atoms with Crippen LogP contribution in [0, 0.1) is 5.92 Å². The topological polar surface area (TPSA) is 38.5 Å². The second-order valence-electron chi connectivity index (χ2n) is 5.34. The third-order valence-electron chi connectivity index (χ3n) is 3.53. The van der Waals surface area contributed by atoms with Gasteiger partial charge in [0.05, 0.1) is 12.3 Å². The maximum Gasteiger partial charge on any atom is 0.144 e. The standard InChI is InChI=1S/C16H28N2O/c1-5-7-8-13(6-2)12-19-16-11-14(18(3)4)9-10-15(16)17/h9-11,13H,5-8,12,17H2,1-4H3. The Morgan fingerprint density at radius 3 is 2.58 bits per heavy atom. The summed E-state index contributed by atoms with van der Waals surface area (Å²) < 4.78 is 5.93. The third-order valence-corrected chi connectivity index (χ3v) is 3.53. The lowest BCUT2D eigenvalue weighted by molar-refractivity contribution is 0.234. The molecule has 0 amide bonds. The quantitative estimate of drug-likeness (QED) is 0.723. The van der Waals surface area contributed by atoms with Crippen molar-refractivity contribution < 1.29 is 4.74 Å². The van der Waals surface area contributed by atoms with E-state index in [4.69, 9.17) is 10.5 Å². The fraction of sp³-hybridized carbons (Fsp3) is 0.625. The summed E-state index contributed by atoms with van der Waals surface area (Å²) in [6, 6.07) is 5.94. The van der Waals surface area contributed by atoms with Gasteiger partial charge in [0.25, 0.3) is 0 Å². The molecular formula is C16H28N2O. The van der Waals surface area contributed by atoms with Gasteiger partial charge in [-0.25, -0.2) is 0 Å². The Kier molecular flexibility index (Phi) is 6.54. The average Bonchev–Trinajstić information content (AvgIpc) is 2.40. The van der Waals surface area contributed by atoms with Gasteiger partial charge in [-0.15, -0.1) is 0 Å². The molecule has 0 aliphatic carbocycles. The van der Waals surface area contributed by atoms with E-state index in [1.165, 1.54) is 19.3 Å². The molecule has 0 bridgehead atoms. The Morgan fingerprint density at radius 2 is 2.00 bits per heavy atom. The Hall–Kier alpha value is -1.38. The van der Waals surface area contributed by atoms with E-state index < -0.39 is 0 Å². The predicted molar refractivity (Wildman–Crippen MR) is 84.0 cm³/mol. The molecule has 1 aromatic carbocycles. The monoisotopic (exact) mass is 264 g/mol. The summed E-state index contributed by atoms with van der Waals surface area (Å²) in [5, 5.41) is 0. The van der Waals surface area contributed by atoms with Gasteiger partial charge >= 0.3 is 0 Å². The maximum atomic E-state index is 5.97. The van der Waals surface area contributed by atoms with Crippen molar-refractivity contribution in [1.29, 1.82) is 0 Å². The molecule has 19 heavy (non-hydrogen) atoms. The van der Waals surface area contributed by atoms with E-state index in [9.17, 15) is 0 Å². The number of nitrogens with zero attached hydrogens (tertiary/aromatic N) is 1. The van der Waals surface area contributed by atoms with Crippen LogP contribution >= 0.6 is 0 Å². The number of unbranched alkanes of at least 4 members (excludes halogenated alkanes) is 1. The van der Waals surface area contributed by atoms with E-state index in [0.717, 1.165) is 30.2 Å². The van der Waals surface area contributed by atoms with Crippen molar-refractivity contribution in [2.24, 2.45) is 5.92 Å². The third kappa shape index (κ3) is 5.01. The lowest BCUT2D eigenvalue weighted by Crippen LogP contribution is -2.13. The molecule has 0 fully saturated rings. The molecule has 0 saturated carbocycles. The molecule has 1 unspecified atom stereocenters. The van der Waals surface area contributed by atoms with Crippen LogP contribution in [0.5, 0.6) is 5.75 Å². The first-order chi connectivity index (χ1) is 9.08. The summed E-state index contributed by atoms with van der Waals surface area (Å²) in [6.07, 6.45) is 4.91. The van der Waals surface area contributed by atoms with Crippen LogP contribution in [-0.4, -0.2) is 20.7 Å². The van der Waals surface area contributed by atoms with Gasteiger partial charge in [0.2, 0.25) is 0 Å². The zero-order chi connectivity index (χ0) is 14.3. The predicted octanol–water partition coefficient (Wildman–Crippen LogP) is 3.93. The van der Waals surface area contributed by atoms with Crippen LogP contribution in [0.4, 0.5) is 11.4 Å². The van der Waals surface area contributed by atoms with Gasteiger partial charge in [-0.2, -0.15) is 0 Å². The van der Waals surface area contributed by atoms with Crippen molar-refractivity contribution in [2.45, 2.75) is 39.5 Å². The molecule has 1 atom stereocenters. The van der Waals surface area contributed by atoms with Gasteiger partial charge in [-0.05, 0) is 24.5 Å². The molecule has 3 heteroatoms. The Bertz CT molecular complexity index is 377. The molecule has 0 aliphatic rings. The van der Waals surface area contributed by atoms with Gasteiger partial charge in [0, 0.05) is 25.8 Å². The van der Waals surface area contributed by atoms with Gasteiger partial charge in [0.1, 0.15) is 5.75 Å². The van der Waals surface area contributed by atoms with Crippen LogP contribution < -0.4 is 15.4 Å². The minimum Gasteiger partial charge on any atom is -0.491 e. The van der Waals surface area contributed by atoms with E-state index in [-0.39, 0.29) is 0 Å². The molecule has 1 rings (SSSR count). The second kappa shape index (κ2) is 7.93. The highest BCUT2D eigenvalue weighted by Gasteiger charge is 2.09. The lowest BCUT2D eigenvalue weighted by Gasteiger charge is -2.19. The van der Waals surface area contributed by atoms with E-state index in [0.29, 0.717) is 5.92 Å². The number of nitrogens with two attached hydrogens (primary N) is 1. The molecule has 3 nitrogen and oxygen atoms in total. The summed E-state index contributed by atoms with van der Waals surface area (Å²) in [6.45, 7) is 5.22. The van der Waals surface area contributed by atoms with Gasteiger partial charge in [-0.1, -0.05) is 33.1 Å². The highest BCUT2D eigenvalue weighted by atomic mass is 16.5. The fourth-order valence-corrected chi connectivity index (χ4v) is 2.03. The SMILES string of the molecule is CCCCC(CC)COc1cc(N(C)C)ccc1N. The Labute approximate surface area is 117 Å². The average molecular weight is 264 g/mol. The van der Waals surface area contributed by atoms with E-state index in [1.54, 1.807) is 0 Å². The van der Waals surface area contributed by atoms with Crippen molar-refractivity contribution in [3.63, 3.8) is 0 Å². The number of hydrogen-bond acceptors (Lipinski definition) is 3. The zero-order valence-corrected chi connectivity index (χ0v) is 12.8. The summed E-state index contributed by atoms with van der Waals surface area (Å²) >= 11 is 0. The normalized spacial score (nSPS) is 12.2. The molecule has 0 heterocycles. The largest absolute Gasteiger partial charge is 0.491 e. The number of nitrogen functional groups attached to an aromatic ring is 1. The van der Waals surface area contributed by atoms with Crippen LogP contribution in [0.15, 0.2) is 18.2 Å². The minimum absolute atomic E-state index is 0.627. The highest BCUT2D eigenvalue weighted by Crippen LogP contribution is 2.27. The molecule has 0 aromatic heterocycles. The molecule has 0 radical (unpaired) electrons. The zero-order valence-electron chi connectivity index (χ0n) is 12.8. The first-order valence-electron chi connectivity index (χ1n) is 7.28. The molecular weight excluding hydrogens is 236 g/mol. The number of hydrogen-bond donors (Lipinski definition) is 1. The Morgan fingerprint density at radius 1 is 1.26 bits per heavy atom. The smallest absolute Gasteiger partial charge is 0.144 e. The van der Waals surface area contributed by atoms with Crippen molar-refractivity contribution in [1.82, 2.24) is 0 Å². The van der Waals surface area contributed by atoms with Crippen molar-refractivity contribution in [2.75, 3.05) is 31.3 Å². The van der Waals surface area contributed by atoms with Gasteiger partial charge in [-0.3, -0.25) is 0 Å². The van der Waals surface area contributed by atoms with Crippen molar-refractivity contribution in [3.8, 4) is 5.75 Å². The first-order valence-corrected chi connectivity index (χ1v) is 7.28. The fourth-order valence-electron chi connectivity index (χ4n) is 2.03. The van der Waals surface area contributed by atoms with E-state index in [1.807, 2.05) is 32.3 Å². The molecule has 1 aromatic rings. The van der Waals surface area contributed by atoms with E-state index in [2.05, 4.69) is 18.7 Å². The van der Waals surface area contributed by atoms with E-state index >= 15 is 0 Å². The highest BCUT2D eigenvalue weighted by molar-refractivity contribution is 5.61. The summed E-state index contributed by atoms with van der Waals surface area (Å²) in [5.41, 5.74) is 7.81. The summed E-state index contributed by atoms with van der Waals surface area (Å²) in [7, 11) is 4.04. The molecule has 108 valence electrons. The van der Waals surface area contributed by atoms with Gasteiger partial charge in [0.15, 0.2) is 0 Å². The molecule has 0 spiro atoms. The van der Waals surface area contributed by atoms with Crippen molar-refractivity contribution >= 4 is 11.4 Å². The molecule has 0 saturated heterocycles. The lowest BCUT2D eigenvalue weighted by atomic mass is 10.0. The molecule has 0 aliphatic heterocycles. The summed E-state index contributed by atoms with van der Waals surface area (Å²) in [5.74, 6) is 1.43. The maximum absolute atomic E-state index is 5.97. The number of ether oxygens (including phenoxy) is 1. The first kappa shape index (κ1) is 15.7. The van der Waals surface area contributed by atoms with Crippen LogP contribution in [0.1, 0.15) is 39.5 Å². The minimum atomic E-state index is 0.627. The number of benzene rings is 1. The summed E-state index contributed by atoms with van der Waals surface area (Å²) in [4.78, 5) is 2.06. The van der Waals surface area contributed by atoms with Crippen LogP contribution in [0.2, 0.25) is 0 Å². The number of anilines is 2.